The first-order valence-electron chi connectivity index (χ1n) is 8.48. The summed E-state index contributed by atoms with van der Waals surface area (Å²) in [4.78, 5) is 15.0. The summed E-state index contributed by atoms with van der Waals surface area (Å²) in [6.45, 7) is 6.95. The van der Waals surface area contributed by atoms with Crippen LogP contribution in [0.15, 0.2) is 18.2 Å². The zero-order valence-corrected chi connectivity index (χ0v) is 15.5. The van der Waals surface area contributed by atoms with Gasteiger partial charge in [0.2, 0.25) is 5.91 Å². The van der Waals surface area contributed by atoms with E-state index in [4.69, 9.17) is 23.2 Å². The van der Waals surface area contributed by atoms with Gasteiger partial charge in [-0.3, -0.25) is 4.79 Å². The van der Waals surface area contributed by atoms with Crippen molar-refractivity contribution in [3.05, 3.63) is 33.8 Å². The molecule has 0 radical (unpaired) electrons. The first-order chi connectivity index (χ1) is 11.0. The van der Waals surface area contributed by atoms with Crippen LogP contribution in [0.5, 0.6) is 0 Å². The van der Waals surface area contributed by atoms with Crippen LogP contribution in [-0.4, -0.2) is 36.5 Å². The molecule has 0 aliphatic carbocycles. The second kappa shape index (κ2) is 8.91. The molecule has 1 fully saturated rings. The molecule has 0 spiro atoms. The van der Waals surface area contributed by atoms with Gasteiger partial charge in [0.25, 0.3) is 0 Å². The molecule has 1 aromatic carbocycles. The maximum absolute atomic E-state index is 13.0. The minimum atomic E-state index is -0.0740. The highest BCUT2D eigenvalue weighted by molar-refractivity contribution is 6.35. The van der Waals surface area contributed by atoms with Crippen LogP contribution in [0, 0.1) is 5.92 Å². The largest absolute Gasteiger partial charge is 0.339 e. The molecule has 1 N–H and O–H groups in total. The Hall–Kier alpha value is -0.770. The Morgan fingerprint density at radius 3 is 2.65 bits per heavy atom. The molecule has 0 bridgehead atoms. The zero-order valence-electron chi connectivity index (χ0n) is 13.9. The van der Waals surface area contributed by atoms with Gasteiger partial charge in [-0.15, -0.1) is 0 Å². The first-order valence-corrected chi connectivity index (χ1v) is 9.23. The van der Waals surface area contributed by atoms with Gasteiger partial charge in [0.1, 0.15) is 0 Å². The van der Waals surface area contributed by atoms with Crippen molar-refractivity contribution in [2.75, 3.05) is 19.6 Å². The van der Waals surface area contributed by atoms with E-state index in [1.165, 1.54) is 0 Å². The van der Waals surface area contributed by atoms with Gasteiger partial charge in [-0.2, -0.15) is 0 Å². The highest BCUT2D eigenvalue weighted by Crippen LogP contribution is 2.25. The van der Waals surface area contributed by atoms with E-state index < -0.39 is 0 Å². The van der Waals surface area contributed by atoms with Gasteiger partial charge in [-0.1, -0.05) is 43.1 Å². The second-order valence-corrected chi connectivity index (χ2v) is 7.20. The van der Waals surface area contributed by atoms with Crippen LogP contribution in [0.1, 0.15) is 38.7 Å². The van der Waals surface area contributed by atoms with Crippen molar-refractivity contribution in [1.29, 1.82) is 0 Å². The molecule has 1 atom stereocenters. The lowest BCUT2D eigenvalue weighted by molar-refractivity contribution is -0.138. The summed E-state index contributed by atoms with van der Waals surface area (Å²) in [6, 6.07) is 5.86. The molecule has 1 unspecified atom stereocenters. The van der Waals surface area contributed by atoms with Crippen molar-refractivity contribution in [2.24, 2.45) is 5.92 Å². The second-order valence-electron chi connectivity index (χ2n) is 6.35. The fraction of sp³-hybridized carbons (Fsp3) is 0.611. The molecular formula is C18H26Cl2N2O. The number of hydrogen-bond donors (Lipinski definition) is 1. The molecular weight excluding hydrogens is 331 g/mol. The average molecular weight is 357 g/mol. The van der Waals surface area contributed by atoms with Gasteiger partial charge in [0.05, 0.1) is 0 Å². The van der Waals surface area contributed by atoms with Crippen molar-refractivity contribution < 1.29 is 4.79 Å². The molecule has 1 amide bonds. The Kier molecular flexibility index (Phi) is 7.19. The molecule has 0 saturated carbocycles. The number of nitrogens with one attached hydrogen (secondary N) is 1. The molecule has 5 heteroatoms. The summed E-state index contributed by atoms with van der Waals surface area (Å²) >= 11 is 12.2. The van der Waals surface area contributed by atoms with Crippen LogP contribution in [0.4, 0.5) is 0 Å². The average Bonchev–Trinajstić information content (AvgIpc) is 2.55. The summed E-state index contributed by atoms with van der Waals surface area (Å²) in [5.41, 5.74) is 0.985. The van der Waals surface area contributed by atoms with E-state index in [0.29, 0.717) is 22.5 Å². The smallest absolute Gasteiger partial charge is 0.225 e. The van der Waals surface area contributed by atoms with E-state index >= 15 is 0 Å². The Labute approximate surface area is 149 Å². The maximum atomic E-state index is 13.0. The first kappa shape index (κ1) is 18.6. The Morgan fingerprint density at radius 2 is 2.04 bits per heavy atom. The normalized spacial score (nSPS) is 17.0. The van der Waals surface area contributed by atoms with Crippen LogP contribution in [0.25, 0.3) is 0 Å². The standard InChI is InChI=1S/C18H26Cl2N2O/c1-3-10-22(16-6-8-21-9-7-16)18(23)13(2)11-14-4-5-15(19)12-17(14)20/h4-5,12-13,16,21H,3,6-11H2,1-2H3. The van der Waals surface area contributed by atoms with Gasteiger partial charge in [0, 0.05) is 28.5 Å². The lowest BCUT2D eigenvalue weighted by atomic mass is 9.97. The molecule has 1 aromatic rings. The summed E-state index contributed by atoms with van der Waals surface area (Å²) in [7, 11) is 0. The molecule has 128 valence electrons. The van der Waals surface area contributed by atoms with Gasteiger partial charge in [-0.05, 0) is 56.5 Å². The molecule has 3 nitrogen and oxygen atoms in total. The minimum absolute atomic E-state index is 0.0740. The van der Waals surface area contributed by atoms with E-state index in [-0.39, 0.29) is 11.8 Å². The van der Waals surface area contributed by atoms with Crippen molar-refractivity contribution >= 4 is 29.1 Å². The number of amides is 1. The molecule has 1 aliphatic rings. The summed E-state index contributed by atoms with van der Waals surface area (Å²) in [5, 5.41) is 4.63. The number of carbonyl (C=O) groups excluding carboxylic acids is 1. The van der Waals surface area contributed by atoms with Crippen molar-refractivity contribution in [3.63, 3.8) is 0 Å². The van der Waals surface area contributed by atoms with Crippen molar-refractivity contribution in [1.82, 2.24) is 10.2 Å². The Balaban J connectivity index is 2.05. The quantitative estimate of drug-likeness (QED) is 0.829. The molecule has 0 aromatic heterocycles. The van der Waals surface area contributed by atoms with E-state index in [1.807, 2.05) is 19.1 Å². The third-order valence-electron chi connectivity index (χ3n) is 4.46. The van der Waals surface area contributed by atoms with E-state index in [2.05, 4.69) is 17.1 Å². The van der Waals surface area contributed by atoms with Crippen LogP contribution in [0.3, 0.4) is 0 Å². The van der Waals surface area contributed by atoms with Gasteiger partial charge in [-0.25, -0.2) is 0 Å². The van der Waals surface area contributed by atoms with E-state index in [1.54, 1.807) is 6.07 Å². The Morgan fingerprint density at radius 1 is 1.35 bits per heavy atom. The van der Waals surface area contributed by atoms with Crippen molar-refractivity contribution in [2.45, 2.75) is 45.6 Å². The predicted octanol–water partition coefficient (Wildman–Crippen LogP) is 4.16. The third-order valence-corrected chi connectivity index (χ3v) is 5.05. The van der Waals surface area contributed by atoms with Gasteiger partial charge in [0.15, 0.2) is 0 Å². The van der Waals surface area contributed by atoms with E-state index in [0.717, 1.165) is 44.5 Å². The predicted molar refractivity (Wildman–Crippen MR) is 97.2 cm³/mol. The fourth-order valence-electron chi connectivity index (χ4n) is 3.22. The molecule has 1 saturated heterocycles. The number of rotatable bonds is 6. The maximum Gasteiger partial charge on any atom is 0.225 e. The van der Waals surface area contributed by atoms with Crippen LogP contribution in [-0.2, 0) is 11.2 Å². The zero-order chi connectivity index (χ0) is 16.8. The third kappa shape index (κ3) is 5.10. The number of carbonyl (C=O) groups is 1. The minimum Gasteiger partial charge on any atom is -0.339 e. The monoisotopic (exact) mass is 356 g/mol. The number of nitrogens with zero attached hydrogens (tertiary/aromatic N) is 1. The van der Waals surface area contributed by atoms with Gasteiger partial charge < -0.3 is 10.2 Å². The number of piperidine rings is 1. The molecule has 1 heterocycles. The van der Waals surface area contributed by atoms with Gasteiger partial charge >= 0.3 is 0 Å². The number of benzene rings is 1. The number of halogens is 2. The van der Waals surface area contributed by atoms with Crippen LogP contribution < -0.4 is 5.32 Å². The summed E-state index contributed by atoms with van der Waals surface area (Å²) < 4.78 is 0. The van der Waals surface area contributed by atoms with Crippen molar-refractivity contribution in [3.8, 4) is 0 Å². The summed E-state index contributed by atoms with van der Waals surface area (Å²) in [5.74, 6) is 0.167. The fourth-order valence-corrected chi connectivity index (χ4v) is 3.71. The highest BCUT2D eigenvalue weighted by atomic mass is 35.5. The SMILES string of the molecule is CCCN(C(=O)C(C)Cc1ccc(Cl)cc1Cl)C1CCNCC1. The molecule has 1 aliphatic heterocycles. The highest BCUT2D eigenvalue weighted by Gasteiger charge is 2.28. The number of hydrogen-bond acceptors (Lipinski definition) is 2. The Bertz CT molecular complexity index is 530. The lowest BCUT2D eigenvalue weighted by Gasteiger charge is -2.36. The summed E-state index contributed by atoms with van der Waals surface area (Å²) in [6.07, 6.45) is 3.73. The van der Waals surface area contributed by atoms with E-state index in [9.17, 15) is 4.79 Å². The molecule has 2 rings (SSSR count). The topological polar surface area (TPSA) is 32.3 Å². The molecule has 23 heavy (non-hydrogen) atoms. The van der Waals surface area contributed by atoms with Crippen LogP contribution in [0.2, 0.25) is 10.0 Å². The lowest BCUT2D eigenvalue weighted by Crippen LogP contribution is -2.48. The van der Waals surface area contributed by atoms with Crippen LogP contribution >= 0.6 is 23.2 Å².